The predicted octanol–water partition coefficient (Wildman–Crippen LogP) is 6.21. The summed E-state index contributed by atoms with van der Waals surface area (Å²) >= 11 is 0. The van der Waals surface area contributed by atoms with Crippen molar-refractivity contribution in [3.8, 4) is 11.5 Å². The Balaban J connectivity index is 1.58. The second kappa shape index (κ2) is 6.02. The second-order valence-corrected chi connectivity index (χ2v) is 11.8. The van der Waals surface area contributed by atoms with E-state index in [4.69, 9.17) is 0 Å². The zero-order chi connectivity index (χ0) is 20.8. The average Bonchev–Trinajstić information content (AvgIpc) is 2.67. The highest BCUT2D eigenvalue weighted by Gasteiger charge is 2.62. The first-order chi connectivity index (χ1) is 13.6. The van der Waals surface area contributed by atoms with Gasteiger partial charge < -0.3 is 10.2 Å². The van der Waals surface area contributed by atoms with Crippen LogP contribution in [0.1, 0.15) is 95.0 Å². The summed E-state index contributed by atoms with van der Waals surface area (Å²) in [6.45, 7) is 9.83. The number of rotatable bonds is 0. The zero-order valence-corrected chi connectivity index (χ0v) is 18.4. The molecule has 2 N–H and O–H groups in total. The number of aromatic hydroxyl groups is 2. The van der Waals surface area contributed by atoms with Gasteiger partial charge in [0.1, 0.15) is 0 Å². The summed E-state index contributed by atoms with van der Waals surface area (Å²) in [5.74, 6) is 2.35. The highest BCUT2D eigenvalue weighted by Crippen LogP contribution is 2.69. The number of fused-ring (bicyclic) bond motifs is 7. The Morgan fingerprint density at radius 2 is 1.62 bits per heavy atom. The normalized spacial score (nSPS) is 46.3. The van der Waals surface area contributed by atoms with Crippen molar-refractivity contribution in [3.05, 3.63) is 23.3 Å². The Bertz CT molecular complexity index is 875. The molecule has 3 heteroatoms. The smallest absolute Gasteiger partial charge is 0.163 e. The van der Waals surface area contributed by atoms with Gasteiger partial charge in [0.2, 0.25) is 0 Å². The van der Waals surface area contributed by atoms with Gasteiger partial charge in [0.25, 0.3) is 0 Å². The van der Waals surface area contributed by atoms with Crippen LogP contribution < -0.4 is 0 Å². The van der Waals surface area contributed by atoms with Crippen LogP contribution in [0.4, 0.5) is 0 Å². The first-order valence-electron chi connectivity index (χ1n) is 11.7. The minimum Gasteiger partial charge on any atom is -0.504 e. The molecule has 0 spiro atoms. The monoisotopic (exact) mass is 396 g/mol. The van der Waals surface area contributed by atoms with E-state index >= 15 is 0 Å². The molecule has 7 unspecified atom stereocenters. The fourth-order valence-electron chi connectivity index (χ4n) is 8.46. The quantitative estimate of drug-likeness (QED) is 0.513. The molecule has 3 saturated carbocycles. The van der Waals surface area contributed by atoms with E-state index in [2.05, 4.69) is 27.7 Å². The summed E-state index contributed by atoms with van der Waals surface area (Å²) in [6.07, 6.45) is 9.44. The van der Waals surface area contributed by atoms with E-state index < -0.39 is 0 Å². The van der Waals surface area contributed by atoms with Crippen LogP contribution in [-0.2, 0) is 5.41 Å². The van der Waals surface area contributed by atoms with Gasteiger partial charge in [0, 0.05) is 12.0 Å². The Morgan fingerprint density at radius 3 is 2.38 bits per heavy atom. The van der Waals surface area contributed by atoms with Gasteiger partial charge in [-0.05, 0) is 96.1 Å². The molecular weight excluding hydrogens is 360 g/mol. The number of carbonyl (C=O) groups is 1. The number of hydrogen-bond donors (Lipinski definition) is 2. The molecule has 0 radical (unpaired) electrons. The van der Waals surface area contributed by atoms with Crippen molar-refractivity contribution < 1.29 is 15.0 Å². The molecule has 4 aliphatic rings. The average molecular weight is 397 g/mol. The Kier molecular flexibility index (Phi) is 4.04. The molecule has 0 aromatic heterocycles. The third-order valence-electron chi connectivity index (χ3n) is 10.3. The maximum Gasteiger partial charge on any atom is 0.163 e. The van der Waals surface area contributed by atoms with Crippen molar-refractivity contribution in [1.82, 2.24) is 0 Å². The highest BCUT2D eigenvalue weighted by atomic mass is 16.3. The number of hydrogen-bond acceptors (Lipinski definition) is 3. The van der Waals surface area contributed by atoms with E-state index in [1.54, 1.807) is 6.07 Å². The van der Waals surface area contributed by atoms with Crippen LogP contribution in [0, 0.1) is 34.5 Å². The van der Waals surface area contributed by atoms with E-state index in [0.29, 0.717) is 34.7 Å². The van der Waals surface area contributed by atoms with Gasteiger partial charge >= 0.3 is 0 Å². The van der Waals surface area contributed by atoms with Crippen LogP contribution in [0.2, 0.25) is 0 Å². The lowest BCUT2D eigenvalue weighted by molar-refractivity contribution is -0.147. The Hall–Kier alpha value is -1.51. The van der Waals surface area contributed by atoms with Crippen molar-refractivity contribution in [2.75, 3.05) is 0 Å². The number of Topliss-reactive ketones (excluding diaryl/α,β-unsaturated/α-hetero) is 1. The number of carbonyl (C=O) groups excluding carboxylic acids is 1. The van der Waals surface area contributed by atoms with Gasteiger partial charge in [0.15, 0.2) is 17.3 Å². The molecule has 0 amide bonds. The van der Waals surface area contributed by atoms with Crippen LogP contribution >= 0.6 is 0 Å². The van der Waals surface area contributed by atoms with Crippen LogP contribution in [0.3, 0.4) is 0 Å². The molecule has 0 bridgehead atoms. The van der Waals surface area contributed by atoms with Gasteiger partial charge in [-0.3, -0.25) is 4.79 Å². The summed E-state index contributed by atoms with van der Waals surface area (Å²) in [4.78, 5) is 13.1. The lowest BCUT2D eigenvalue weighted by Gasteiger charge is -2.66. The fraction of sp³-hybridized carbons (Fsp3) is 0.731. The lowest BCUT2D eigenvalue weighted by atomic mass is 9.38. The van der Waals surface area contributed by atoms with Gasteiger partial charge in [-0.2, -0.15) is 0 Å². The van der Waals surface area contributed by atoms with Crippen LogP contribution in [0.5, 0.6) is 11.5 Å². The molecule has 0 saturated heterocycles. The van der Waals surface area contributed by atoms with Crippen molar-refractivity contribution in [2.24, 2.45) is 34.5 Å². The van der Waals surface area contributed by atoms with Crippen molar-refractivity contribution >= 4 is 5.78 Å². The minimum atomic E-state index is -0.176. The first kappa shape index (κ1) is 19.5. The van der Waals surface area contributed by atoms with Gasteiger partial charge in [-0.1, -0.05) is 34.1 Å². The summed E-state index contributed by atoms with van der Waals surface area (Å²) in [5.41, 5.74) is 2.29. The summed E-state index contributed by atoms with van der Waals surface area (Å²) in [5, 5.41) is 20.2. The molecule has 3 nitrogen and oxygen atoms in total. The Labute approximate surface area is 174 Å². The summed E-state index contributed by atoms with van der Waals surface area (Å²) in [7, 11) is 0. The van der Waals surface area contributed by atoms with Gasteiger partial charge in [-0.25, -0.2) is 0 Å². The number of ketones is 1. The SMILES string of the molecule is CC1CCC2(C)CCC3C4CC(=O)c5cc(O)c(O)cc5C4(C)CCC3(C)C2C1. The van der Waals surface area contributed by atoms with E-state index in [0.717, 1.165) is 23.8 Å². The molecule has 1 aromatic rings. The van der Waals surface area contributed by atoms with E-state index in [1.807, 2.05) is 0 Å². The van der Waals surface area contributed by atoms with Crippen LogP contribution in [0.25, 0.3) is 0 Å². The summed E-state index contributed by atoms with van der Waals surface area (Å²) < 4.78 is 0. The number of benzene rings is 1. The second-order valence-electron chi connectivity index (χ2n) is 11.8. The Morgan fingerprint density at radius 1 is 0.931 bits per heavy atom. The van der Waals surface area contributed by atoms with E-state index in [9.17, 15) is 15.0 Å². The van der Waals surface area contributed by atoms with Crippen LogP contribution in [-0.4, -0.2) is 16.0 Å². The molecule has 158 valence electrons. The van der Waals surface area contributed by atoms with Gasteiger partial charge in [-0.15, -0.1) is 0 Å². The van der Waals surface area contributed by atoms with Crippen molar-refractivity contribution in [1.29, 1.82) is 0 Å². The van der Waals surface area contributed by atoms with Crippen LogP contribution in [0.15, 0.2) is 12.1 Å². The topological polar surface area (TPSA) is 57.5 Å². The molecule has 5 rings (SSSR count). The molecule has 3 fully saturated rings. The number of phenols is 2. The largest absolute Gasteiger partial charge is 0.504 e. The highest BCUT2D eigenvalue weighted by molar-refractivity contribution is 6.00. The molecule has 7 atom stereocenters. The zero-order valence-electron chi connectivity index (χ0n) is 18.4. The third kappa shape index (κ3) is 2.51. The fourth-order valence-corrected chi connectivity index (χ4v) is 8.46. The van der Waals surface area contributed by atoms with E-state index in [-0.39, 0.29) is 22.7 Å². The maximum absolute atomic E-state index is 13.1. The van der Waals surface area contributed by atoms with Crippen molar-refractivity contribution in [3.63, 3.8) is 0 Å². The molecule has 29 heavy (non-hydrogen) atoms. The molecule has 0 aliphatic heterocycles. The maximum atomic E-state index is 13.1. The molecule has 4 aliphatic carbocycles. The molecular formula is C26H36O3. The number of phenolic OH excluding ortho intramolecular Hbond substituents is 2. The summed E-state index contributed by atoms with van der Waals surface area (Å²) in [6, 6.07) is 3.19. The minimum absolute atomic E-state index is 0.0907. The lowest BCUT2D eigenvalue weighted by Crippen LogP contribution is -2.60. The first-order valence-corrected chi connectivity index (χ1v) is 11.7. The molecule has 0 heterocycles. The predicted molar refractivity (Wildman–Crippen MR) is 114 cm³/mol. The standard InChI is InChI=1S/C26H36O3/c1-15-5-7-24(2)8-6-17-19-14-20(27)16-12-21(28)22(29)13-18(16)25(19,3)9-10-26(17,4)23(24)11-15/h12-13,15,17,19,23,28-29H,5-11,14H2,1-4H3. The van der Waals surface area contributed by atoms with E-state index in [1.165, 1.54) is 44.6 Å². The van der Waals surface area contributed by atoms with Crippen molar-refractivity contribution in [2.45, 2.75) is 84.5 Å². The van der Waals surface area contributed by atoms with Gasteiger partial charge in [0.05, 0.1) is 0 Å². The molecule has 1 aromatic carbocycles. The third-order valence-corrected chi connectivity index (χ3v) is 10.3.